The van der Waals surface area contributed by atoms with Crippen LogP contribution in [0.4, 0.5) is 0 Å². The van der Waals surface area contributed by atoms with Crippen molar-refractivity contribution in [1.29, 1.82) is 0 Å². The summed E-state index contributed by atoms with van der Waals surface area (Å²) in [6.45, 7) is 0.307. The fraction of sp³-hybridized carbons (Fsp3) is 0.778. The number of aliphatic hydroxyl groups excluding tert-OH is 5. The monoisotopic (exact) mass is 236 g/mol. The number of ketones is 2. The Morgan fingerprint density at radius 3 is 1.94 bits per heavy atom. The van der Waals surface area contributed by atoms with E-state index in [0.29, 0.717) is 0 Å². The van der Waals surface area contributed by atoms with Crippen LogP contribution in [0.3, 0.4) is 0 Å². The Kier molecular flexibility index (Phi) is 6.31. The third-order valence-corrected chi connectivity index (χ3v) is 2.01. The molecule has 0 amide bonds. The van der Waals surface area contributed by atoms with Crippen molar-refractivity contribution in [1.82, 2.24) is 0 Å². The molecule has 0 aliphatic rings. The number of hydrogen-bond donors (Lipinski definition) is 5. The number of carbonyl (C=O) groups is 2. The Morgan fingerprint density at radius 1 is 1.06 bits per heavy atom. The topological polar surface area (TPSA) is 135 Å². The summed E-state index contributed by atoms with van der Waals surface area (Å²) in [4.78, 5) is 21.7. The van der Waals surface area contributed by atoms with E-state index >= 15 is 0 Å². The van der Waals surface area contributed by atoms with Crippen LogP contribution in [0, 0.1) is 0 Å². The first-order valence-electron chi connectivity index (χ1n) is 4.66. The van der Waals surface area contributed by atoms with Gasteiger partial charge in [0.15, 0.2) is 5.78 Å². The van der Waals surface area contributed by atoms with Gasteiger partial charge in [-0.25, -0.2) is 0 Å². The number of aliphatic hydroxyl groups is 5. The minimum atomic E-state index is -1.97. The van der Waals surface area contributed by atoms with Crippen molar-refractivity contribution in [3.8, 4) is 0 Å². The zero-order chi connectivity index (χ0) is 12.9. The third-order valence-electron chi connectivity index (χ3n) is 2.01. The molecule has 0 aromatic heterocycles. The van der Waals surface area contributed by atoms with Gasteiger partial charge in [0.2, 0.25) is 0 Å². The normalized spacial score (nSPS) is 18.6. The fourth-order valence-corrected chi connectivity index (χ4v) is 1.06. The Hall–Kier alpha value is -0.860. The molecule has 0 bridgehead atoms. The Balaban J connectivity index is 4.42. The summed E-state index contributed by atoms with van der Waals surface area (Å²) in [5, 5.41) is 45.1. The summed E-state index contributed by atoms with van der Waals surface area (Å²) in [5.74, 6) is -1.45. The van der Waals surface area contributed by atoms with E-state index in [-0.39, 0.29) is 0 Å². The van der Waals surface area contributed by atoms with Gasteiger partial charge < -0.3 is 25.5 Å². The van der Waals surface area contributed by atoms with Gasteiger partial charge in [-0.15, -0.1) is 0 Å². The lowest BCUT2D eigenvalue weighted by molar-refractivity contribution is -0.148. The average molecular weight is 236 g/mol. The van der Waals surface area contributed by atoms with Gasteiger partial charge in [-0.2, -0.15) is 0 Å². The average Bonchev–Trinajstić information content (AvgIpc) is 2.23. The van der Waals surface area contributed by atoms with Crippen LogP contribution in [0.15, 0.2) is 0 Å². The molecular formula is C9H16O7. The van der Waals surface area contributed by atoms with E-state index in [4.69, 9.17) is 10.2 Å². The fourth-order valence-electron chi connectivity index (χ4n) is 1.06. The Labute approximate surface area is 92.0 Å². The molecule has 0 aromatic rings. The van der Waals surface area contributed by atoms with Crippen LogP contribution in [0.1, 0.15) is 13.3 Å². The molecule has 0 radical (unpaired) electrons. The maximum Gasteiger partial charge on any atom is 0.171 e. The number of rotatable bonds is 7. The van der Waals surface area contributed by atoms with Crippen LogP contribution in [-0.2, 0) is 9.59 Å². The van der Waals surface area contributed by atoms with Crippen LogP contribution in [0.5, 0.6) is 0 Å². The lowest BCUT2D eigenvalue weighted by atomic mass is 9.98. The Bertz CT molecular complexity index is 252. The molecule has 0 unspecified atom stereocenters. The van der Waals surface area contributed by atoms with Gasteiger partial charge >= 0.3 is 0 Å². The molecule has 7 heteroatoms. The van der Waals surface area contributed by atoms with Gasteiger partial charge in [0.1, 0.15) is 30.2 Å². The molecule has 0 spiro atoms. The largest absolute Gasteiger partial charge is 0.394 e. The second-order valence-electron chi connectivity index (χ2n) is 3.52. The zero-order valence-corrected chi connectivity index (χ0v) is 8.78. The zero-order valence-electron chi connectivity index (χ0n) is 8.78. The van der Waals surface area contributed by atoms with E-state index in [2.05, 4.69) is 0 Å². The lowest BCUT2D eigenvalue weighted by Crippen LogP contribution is -2.48. The van der Waals surface area contributed by atoms with Crippen molar-refractivity contribution >= 4 is 11.6 Å². The van der Waals surface area contributed by atoms with Crippen LogP contribution in [-0.4, -0.2) is 68.1 Å². The summed E-state index contributed by atoms with van der Waals surface area (Å²) < 4.78 is 0. The highest BCUT2D eigenvalue weighted by molar-refractivity contribution is 6.00. The van der Waals surface area contributed by atoms with Gasteiger partial charge in [-0.1, -0.05) is 0 Å². The van der Waals surface area contributed by atoms with E-state index in [1.165, 1.54) is 0 Å². The van der Waals surface area contributed by atoms with Gasteiger partial charge in [-0.05, 0) is 6.92 Å². The highest BCUT2D eigenvalue weighted by atomic mass is 16.4. The standard InChI is InChI=1S/C9H16O7/c1-4(11)2-5(12)7(14)9(16)8(15)6(13)3-10/h6-10,13-16H,2-3H2,1H3/t6-,7-,8+,9-/m1/s1. The maximum atomic E-state index is 11.1. The van der Waals surface area contributed by atoms with Gasteiger partial charge in [0.05, 0.1) is 13.0 Å². The summed E-state index contributed by atoms with van der Waals surface area (Å²) in [6, 6.07) is 0. The molecule has 0 rings (SSSR count). The van der Waals surface area contributed by atoms with E-state index in [1.54, 1.807) is 0 Å². The van der Waals surface area contributed by atoms with Crippen LogP contribution < -0.4 is 0 Å². The second kappa shape index (κ2) is 6.66. The summed E-state index contributed by atoms with van der Waals surface area (Å²) in [7, 11) is 0. The van der Waals surface area contributed by atoms with Crippen molar-refractivity contribution in [3.05, 3.63) is 0 Å². The second-order valence-corrected chi connectivity index (χ2v) is 3.52. The number of Topliss-reactive ketones (excluding diaryl/α,β-unsaturated/α-hetero) is 2. The van der Waals surface area contributed by atoms with Crippen molar-refractivity contribution in [2.45, 2.75) is 37.8 Å². The van der Waals surface area contributed by atoms with Gasteiger partial charge in [0.25, 0.3) is 0 Å². The van der Waals surface area contributed by atoms with Crippen LogP contribution >= 0.6 is 0 Å². The minimum Gasteiger partial charge on any atom is -0.394 e. The maximum absolute atomic E-state index is 11.1. The summed E-state index contributed by atoms with van der Waals surface area (Å²) in [6.07, 6.45) is -8.03. The highest BCUT2D eigenvalue weighted by Crippen LogP contribution is 2.07. The smallest absolute Gasteiger partial charge is 0.171 e. The number of hydrogen-bond acceptors (Lipinski definition) is 7. The first-order chi connectivity index (χ1) is 7.31. The first kappa shape index (κ1) is 15.1. The van der Waals surface area contributed by atoms with Crippen LogP contribution in [0.25, 0.3) is 0 Å². The molecular weight excluding hydrogens is 220 g/mol. The third kappa shape index (κ3) is 4.33. The predicted octanol–water partition coefficient (Wildman–Crippen LogP) is -3.03. The number of carbonyl (C=O) groups excluding carboxylic acids is 2. The molecule has 94 valence electrons. The summed E-state index contributed by atoms with van der Waals surface area (Å²) >= 11 is 0. The lowest BCUT2D eigenvalue weighted by Gasteiger charge is -2.24. The molecule has 4 atom stereocenters. The SMILES string of the molecule is CC(=O)CC(=O)[C@@H](O)[C@@H](O)[C@@H](O)[C@H](O)CO. The van der Waals surface area contributed by atoms with Crippen molar-refractivity contribution in [3.63, 3.8) is 0 Å². The van der Waals surface area contributed by atoms with Crippen molar-refractivity contribution in [2.24, 2.45) is 0 Å². The van der Waals surface area contributed by atoms with Gasteiger partial charge in [0, 0.05) is 0 Å². The van der Waals surface area contributed by atoms with E-state index in [0.717, 1.165) is 6.92 Å². The van der Waals surface area contributed by atoms with E-state index in [1.807, 2.05) is 0 Å². The molecule has 7 nitrogen and oxygen atoms in total. The quantitative estimate of drug-likeness (QED) is 0.297. The molecule has 0 aromatic carbocycles. The van der Waals surface area contributed by atoms with Crippen molar-refractivity contribution < 1.29 is 35.1 Å². The Morgan fingerprint density at radius 2 is 1.56 bits per heavy atom. The molecule has 0 heterocycles. The van der Waals surface area contributed by atoms with E-state index in [9.17, 15) is 24.9 Å². The molecule has 0 aliphatic heterocycles. The molecule has 0 fully saturated rings. The van der Waals surface area contributed by atoms with Gasteiger partial charge in [-0.3, -0.25) is 9.59 Å². The molecule has 0 aliphatic carbocycles. The first-order valence-corrected chi connectivity index (χ1v) is 4.66. The molecule has 0 saturated heterocycles. The molecule has 0 saturated carbocycles. The predicted molar refractivity (Wildman–Crippen MR) is 51.4 cm³/mol. The van der Waals surface area contributed by atoms with Crippen molar-refractivity contribution in [2.75, 3.05) is 6.61 Å². The van der Waals surface area contributed by atoms with E-state index < -0.39 is 49.0 Å². The van der Waals surface area contributed by atoms with Crippen LogP contribution in [0.2, 0.25) is 0 Å². The molecule has 5 N–H and O–H groups in total. The minimum absolute atomic E-state index is 0.492. The highest BCUT2D eigenvalue weighted by Gasteiger charge is 2.34. The molecule has 16 heavy (non-hydrogen) atoms. The summed E-state index contributed by atoms with van der Waals surface area (Å²) in [5.41, 5.74) is 0.